The van der Waals surface area contributed by atoms with E-state index in [1.54, 1.807) is 0 Å². The van der Waals surface area contributed by atoms with Crippen molar-refractivity contribution < 1.29 is 0 Å². The molecular formula is C26H24S2. The Kier molecular flexibility index (Phi) is 4.86. The summed E-state index contributed by atoms with van der Waals surface area (Å²) in [4.78, 5) is 0. The summed E-state index contributed by atoms with van der Waals surface area (Å²) < 4.78 is 0. The normalized spacial score (nSPS) is 19.1. The van der Waals surface area contributed by atoms with Crippen LogP contribution in [0.4, 0.5) is 0 Å². The molecule has 2 unspecified atom stereocenters. The van der Waals surface area contributed by atoms with Crippen LogP contribution in [0.25, 0.3) is 21.5 Å². The third kappa shape index (κ3) is 3.33. The van der Waals surface area contributed by atoms with E-state index in [4.69, 9.17) is 0 Å². The lowest BCUT2D eigenvalue weighted by molar-refractivity contribution is 0.937. The van der Waals surface area contributed by atoms with Crippen molar-refractivity contribution in [3.8, 4) is 0 Å². The van der Waals surface area contributed by atoms with E-state index < -0.39 is 0 Å². The number of fused-ring (bicyclic) bond motifs is 2. The molecule has 0 amide bonds. The highest BCUT2D eigenvalue weighted by atomic mass is 32.2. The Morgan fingerprint density at radius 1 is 0.536 bits per heavy atom. The van der Waals surface area contributed by atoms with Crippen molar-refractivity contribution in [2.24, 2.45) is 0 Å². The van der Waals surface area contributed by atoms with Gasteiger partial charge >= 0.3 is 0 Å². The maximum atomic E-state index is 2.42. The van der Waals surface area contributed by atoms with Gasteiger partial charge < -0.3 is 0 Å². The van der Waals surface area contributed by atoms with Crippen LogP contribution in [-0.4, -0.2) is 12.5 Å². The molecule has 0 heterocycles. The van der Waals surface area contributed by atoms with Gasteiger partial charge in [-0.25, -0.2) is 0 Å². The fourth-order valence-corrected chi connectivity index (χ4v) is 5.94. The lowest BCUT2D eigenvalue weighted by Gasteiger charge is -2.17. The molecule has 7 rings (SSSR count). The number of hydrogen-bond donors (Lipinski definition) is 0. The molecule has 0 fully saturated rings. The molecule has 0 nitrogen and oxygen atoms in total. The minimum Gasteiger partial charge on any atom is -0.157 e. The van der Waals surface area contributed by atoms with E-state index in [9.17, 15) is 0 Å². The summed E-state index contributed by atoms with van der Waals surface area (Å²) in [6.07, 6.45) is 6.60. The fraction of sp³-hybridized carbons (Fsp3) is 0.231. The van der Waals surface area contributed by atoms with Gasteiger partial charge in [0.05, 0.1) is 0 Å². The van der Waals surface area contributed by atoms with Crippen LogP contribution < -0.4 is 0 Å². The van der Waals surface area contributed by atoms with Crippen LogP contribution >= 0.6 is 23.5 Å². The van der Waals surface area contributed by atoms with Gasteiger partial charge in [-0.2, -0.15) is 23.5 Å². The van der Waals surface area contributed by atoms with Gasteiger partial charge in [0.25, 0.3) is 0 Å². The first-order valence-corrected chi connectivity index (χ1v) is 12.4. The zero-order valence-corrected chi connectivity index (χ0v) is 17.9. The van der Waals surface area contributed by atoms with Gasteiger partial charge in [0.1, 0.15) is 0 Å². The highest BCUT2D eigenvalue weighted by Gasteiger charge is 2.16. The molecule has 0 saturated carbocycles. The summed E-state index contributed by atoms with van der Waals surface area (Å²) in [6.45, 7) is 0. The molecule has 4 aromatic rings. The maximum absolute atomic E-state index is 2.42. The third-order valence-corrected chi connectivity index (χ3v) is 8.03. The molecule has 140 valence electrons. The summed E-state index contributed by atoms with van der Waals surface area (Å²) in [7, 11) is 0. The molecule has 7 bridgehead atoms. The highest BCUT2D eigenvalue weighted by Crippen LogP contribution is 2.37. The Morgan fingerprint density at radius 2 is 1.00 bits per heavy atom. The first kappa shape index (κ1) is 18.1. The first-order chi connectivity index (χ1) is 13.7. The lowest BCUT2D eigenvalue weighted by atomic mass is 9.98. The molecule has 4 aromatic carbocycles. The van der Waals surface area contributed by atoms with Crippen molar-refractivity contribution in [2.45, 2.75) is 23.3 Å². The predicted molar refractivity (Wildman–Crippen MR) is 128 cm³/mol. The Morgan fingerprint density at radius 3 is 1.46 bits per heavy atom. The fourth-order valence-electron chi connectivity index (χ4n) is 4.39. The average molecular weight is 401 g/mol. The zero-order chi connectivity index (χ0) is 19.1. The predicted octanol–water partition coefficient (Wildman–Crippen LogP) is 7.60. The molecular weight excluding hydrogens is 376 g/mol. The Bertz CT molecular complexity index is 1070. The van der Waals surface area contributed by atoms with E-state index in [-0.39, 0.29) is 0 Å². The maximum Gasteiger partial charge on any atom is 0.0335 e. The summed E-state index contributed by atoms with van der Waals surface area (Å²) in [5.74, 6) is 0. The van der Waals surface area contributed by atoms with Crippen LogP contribution in [0.1, 0.15) is 32.8 Å². The molecule has 2 heteroatoms. The Labute approximate surface area is 175 Å². The van der Waals surface area contributed by atoms with Crippen LogP contribution in [0.3, 0.4) is 0 Å². The summed E-state index contributed by atoms with van der Waals surface area (Å²) in [5.41, 5.74) is 5.71. The molecule has 0 radical (unpaired) electrons. The zero-order valence-electron chi connectivity index (χ0n) is 16.3. The van der Waals surface area contributed by atoms with Gasteiger partial charge in [-0.15, -0.1) is 0 Å². The van der Waals surface area contributed by atoms with Crippen LogP contribution in [0.5, 0.6) is 0 Å². The standard InChI is InChI=1S/C26H24S2/c1-27-25-13-17-3-5-21-12-18(4-6-20(21)11-17)14-26(28-2)23-10-8-19-7-9-22(25)15-24(19)16-23/h3-12,15-16,25-26H,13-14H2,1-2H3. The van der Waals surface area contributed by atoms with Crippen molar-refractivity contribution in [3.05, 3.63) is 95.1 Å². The van der Waals surface area contributed by atoms with Crippen molar-refractivity contribution >= 4 is 45.1 Å². The first-order valence-electron chi connectivity index (χ1n) is 9.84. The van der Waals surface area contributed by atoms with E-state index in [0.29, 0.717) is 10.5 Å². The monoisotopic (exact) mass is 400 g/mol. The van der Waals surface area contributed by atoms with E-state index >= 15 is 0 Å². The summed E-state index contributed by atoms with van der Waals surface area (Å²) in [5, 5.41) is 6.37. The van der Waals surface area contributed by atoms with Gasteiger partial charge in [0, 0.05) is 10.5 Å². The smallest absolute Gasteiger partial charge is 0.0335 e. The van der Waals surface area contributed by atoms with Gasteiger partial charge in [-0.05, 0) is 69.2 Å². The highest BCUT2D eigenvalue weighted by molar-refractivity contribution is 7.99. The molecule has 0 spiro atoms. The Hall–Kier alpha value is -1.90. The van der Waals surface area contributed by atoms with Gasteiger partial charge in [0.2, 0.25) is 0 Å². The molecule has 3 aliphatic carbocycles. The third-order valence-electron chi connectivity index (χ3n) is 6.01. The summed E-state index contributed by atoms with van der Waals surface area (Å²) >= 11 is 3.91. The molecule has 3 aliphatic rings. The van der Waals surface area contributed by atoms with Gasteiger partial charge in [-0.3, -0.25) is 0 Å². The number of thioether (sulfide) groups is 2. The van der Waals surface area contributed by atoms with E-state index in [1.165, 1.54) is 43.8 Å². The minimum atomic E-state index is 0.478. The van der Waals surface area contributed by atoms with Crippen molar-refractivity contribution in [1.29, 1.82) is 0 Å². The molecule has 0 aliphatic heterocycles. The van der Waals surface area contributed by atoms with Crippen LogP contribution in [0.2, 0.25) is 0 Å². The van der Waals surface area contributed by atoms with E-state index in [2.05, 4.69) is 85.3 Å². The molecule has 0 N–H and O–H groups in total. The number of hydrogen-bond acceptors (Lipinski definition) is 2. The molecule has 0 saturated heterocycles. The quantitative estimate of drug-likeness (QED) is 0.340. The van der Waals surface area contributed by atoms with Crippen molar-refractivity contribution in [3.63, 3.8) is 0 Å². The van der Waals surface area contributed by atoms with Crippen molar-refractivity contribution in [2.75, 3.05) is 12.5 Å². The second-order valence-electron chi connectivity index (χ2n) is 7.74. The van der Waals surface area contributed by atoms with Crippen LogP contribution in [-0.2, 0) is 12.8 Å². The van der Waals surface area contributed by atoms with Crippen LogP contribution in [0, 0.1) is 0 Å². The molecule has 28 heavy (non-hydrogen) atoms. The number of benzene rings is 4. The lowest BCUT2D eigenvalue weighted by Crippen LogP contribution is -1.99. The second-order valence-corrected chi connectivity index (χ2v) is 9.82. The van der Waals surface area contributed by atoms with E-state index in [1.807, 2.05) is 23.5 Å². The largest absolute Gasteiger partial charge is 0.157 e. The Balaban J connectivity index is 1.74. The van der Waals surface area contributed by atoms with Gasteiger partial charge in [0.15, 0.2) is 0 Å². The SMILES string of the molecule is CSC1Cc2ccc3cc(ccc3c2)CC(SC)c2ccc3ccc1cc3c2. The van der Waals surface area contributed by atoms with Crippen molar-refractivity contribution in [1.82, 2.24) is 0 Å². The molecule has 2 atom stereocenters. The number of rotatable bonds is 2. The minimum absolute atomic E-state index is 0.478. The topological polar surface area (TPSA) is 0 Å². The van der Waals surface area contributed by atoms with E-state index in [0.717, 1.165) is 12.8 Å². The molecule has 0 aromatic heterocycles. The van der Waals surface area contributed by atoms with Crippen LogP contribution in [0.15, 0.2) is 72.8 Å². The second kappa shape index (κ2) is 7.50. The average Bonchev–Trinajstić information content (AvgIpc) is 2.74. The van der Waals surface area contributed by atoms with Gasteiger partial charge in [-0.1, -0.05) is 72.8 Å². The summed E-state index contributed by atoms with van der Waals surface area (Å²) in [6, 6.07) is 28.1.